The van der Waals surface area contributed by atoms with Gasteiger partial charge in [0.05, 0.1) is 18.9 Å². The lowest BCUT2D eigenvalue weighted by Crippen LogP contribution is -2.36. The molecule has 1 fully saturated rings. The van der Waals surface area contributed by atoms with Gasteiger partial charge < -0.3 is 19.5 Å². The van der Waals surface area contributed by atoms with Crippen molar-refractivity contribution < 1.29 is 19.4 Å². The minimum Gasteiger partial charge on any atom is -0.482 e. The number of carbonyl (C=O) groups is 1. The molecule has 0 radical (unpaired) electrons. The molecule has 0 amide bonds. The lowest BCUT2D eigenvalue weighted by Gasteiger charge is -2.26. The van der Waals surface area contributed by atoms with Gasteiger partial charge in [0.2, 0.25) is 0 Å². The first kappa shape index (κ1) is 14.8. The molecule has 7 heteroatoms. The predicted octanol–water partition coefficient (Wildman–Crippen LogP) is 2.11. The fourth-order valence-corrected chi connectivity index (χ4v) is 3.05. The SMILES string of the molecule is O=C(O)COc1ccc(-c2csc(N3CCOCC3)n2)cc1. The largest absolute Gasteiger partial charge is 0.482 e. The van der Waals surface area contributed by atoms with Crippen LogP contribution in [0.1, 0.15) is 0 Å². The maximum atomic E-state index is 10.5. The first-order valence-corrected chi connectivity index (χ1v) is 7.83. The smallest absolute Gasteiger partial charge is 0.341 e. The third kappa shape index (κ3) is 3.55. The maximum Gasteiger partial charge on any atom is 0.341 e. The van der Waals surface area contributed by atoms with Gasteiger partial charge in [-0.2, -0.15) is 0 Å². The normalized spacial score (nSPS) is 14.8. The molecule has 1 aromatic carbocycles. The number of hydrogen-bond acceptors (Lipinski definition) is 6. The van der Waals surface area contributed by atoms with Crippen molar-refractivity contribution >= 4 is 22.4 Å². The van der Waals surface area contributed by atoms with E-state index in [2.05, 4.69) is 9.88 Å². The molecule has 22 heavy (non-hydrogen) atoms. The molecule has 0 unspecified atom stereocenters. The number of morpholine rings is 1. The molecule has 1 aliphatic heterocycles. The predicted molar refractivity (Wildman–Crippen MR) is 83.7 cm³/mol. The molecule has 116 valence electrons. The van der Waals surface area contributed by atoms with Gasteiger partial charge in [-0.15, -0.1) is 11.3 Å². The van der Waals surface area contributed by atoms with Crippen molar-refractivity contribution in [3.63, 3.8) is 0 Å². The van der Waals surface area contributed by atoms with Crippen LogP contribution in [0.25, 0.3) is 11.3 Å². The summed E-state index contributed by atoms with van der Waals surface area (Å²) in [4.78, 5) is 17.4. The summed E-state index contributed by atoms with van der Waals surface area (Å²) in [5.74, 6) is -0.450. The van der Waals surface area contributed by atoms with Gasteiger partial charge in [-0.25, -0.2) is 9.78 Å². The first-order chi connectivity index (χ1) is 10.7. The van der Waals surface area contributed by atoms with Gasteiger partial charge in [0.15, 0.2) is 11.7 Å². The molecule has 3 rings (SSSR count). The number of benzene rings is 1. The van der Waals surface area contributed by atoms with Crippen LogP contribution in [0.15, 0.2) is 29.6 Å². The van der Waals surface area contributed by atoms with Crippen LogP contribution >= 0.6 is 11.3 Å². The van der Waals surface area contributed by atoms with E-state index in [-0.39, 0.29) is 6.61 Å². The minimum atomic E-state index is -0.987. The molecule has 1 saturated heterocycles. The van der Waals surface area contributed by atoms with E-state index in [1.807, 2.05) is 17.5 Å². The summed E-state index contributed by atoms with van der Waals surface area (Å²) in [6, 6.07) is 7.28. The highest BCUT2D eigenvalue weighted by Crippen LogP contribution is 2.28. The Morgan fingerprint density at radius 3 is 2.73 bits per heavy atom. The molecule has 2 aromatic rings. The summed E-state index contributed by atoms with van der Waals surface area (Å²) in [5, 5.41) is 11.6. The van der Waals surface area contributed by atoms with Gasteiger partial charge in [0.1, 0.15) is 5.75 Å². The quantitative estimate of drug-likeness (QED) is 0.910. The molecular formula is C15H16N2O4S. The number of nitrogens with zero attached hydrogens (tertiary/aromatic N) is 2. The van der Waals surface area contributed by atoms with Gasteiger partial charge in [-0.3, -0.25) is 0 Å². The van der Waals surface area contributed by atoms with Crippen LogP contribution in [0.4, 0.5) is 5.13 Å². The Morgan fingerprint density at radius 1 is 1.32 bits per heavy atom. The molecule has 0 bridgehead atoms. The zero-order valence-corrected chi connectivity index (χ0v) is 12.7. The molecule has 1 N–H and O–H groups in total. The Labute approximate surface area is 131 Å². The Hall–Kier alpha value is -2.12. The number of hydrogen-bond donors (Lipinski definition) is 1. The number of carboxylic acids is 1. The third-order valence-electron chi connectivity index (χ3n) is 3.29. The van der Waals surface area contributed by atoms with Crippen LogP contribution in [0.2, 0.25) is 0 Å². The summed E-state index contributed by atoms with van der Waals surface area (Å²) in [6.07, 6.45) is 0. The lowest BCUT2D eigenvalue weighted by atomic mass is 10.2. The van der Waals surface area contributed by atoms with E-state index in [0.29, 0.717) is 5.75 Å². The molecular weight excluding hydrogens is 304 g/mol. The van der Waals surface area contributed by atoms with E-state index in [1.165, 1.54) is 0 Å². The third-order valence-corrected chi connectivity index (χ3v) is 4.19. The fraction of sp³-hybridized carbons (Fsp3) is 0.333. The Bertz CT molecular complexity index is 635. The number of rotatable bonds is 5. The topological polar surface area (TPSA) is 71.9 Å². The molecule has 0 spiro atoms. The second kappa shape index (κ2) is 6.76. The van der Waals surface area contributed by atoms with Gasteiger partial charge in [0.25, 0.3) is 0 Å². The van der Waals surface area contributed by atoms with Gasteiger partial charge >= 0.3 is 5.97 Å². The van der Waals surface area contributed by atoms with Crippen LogP contribution in [0.5, 0.6) is 5.75 Å². The second-order valence-electron chi connectivity index (χ2n) is 4.82. The van der Waals surface area contributed by atoms with Crippen molar-refractivity contribution in [1.82, 2.24) is 4.98 Å². The summed E-state index contributed by atoms with van der Waals surface area (Å²) in [7, 11) is 0. The van der Waals surface area contributed by atoms with Crippen molar-refractivity contribution in [1.29, 1.82) is 0 Å². The van der Waals surface area contributed by atoms with E-state index in [1.54, 1.807) is 23.5 Å². The summed E-state index contributed by atoms with van der Waals surface area (Å²) >= 11 is 1.62. The van der Waals surface area contributed by atoms with Crippen LogP contribution in [0.3, 0.4) is 0 Å². The average Bonchev–Trinajstić information content (AvgIpc) is 3.04. The van der Waals surface area contributed by atoms with E-state index < -0.39 is 5.97 Å². The van der Waals surface area contributed by atoms with Crippen molar-refractivity contribution in [3.05, 3.63) is 29.6 Å². The van der Waals surface area contributed by atoms with E-state index in [0.717, 1.165) is 42.7 Å². The number of carboxylic acid groups (broad SMARTS) is 1. The zero-order chi connectivity index (χ0) is 15.4. The van der Waals surface area contributed by atoms with Crippen LogP contribution in [0, 0.1) is 0 Å². The van der Waals surface area contributed by atoms with Crippen molar-refractivity contribution in [2.45, 2.75) is 0 Å². The van der Waals surface area contributed by atoms with E-state index in [9.17, 15) is 4.79 Å². The summed E-state index contributed by atoms with van der Waals surface area (Å²) < 4.78 is 10.5. The molecule has 1 aliphatic rings. The molecule has 0 atom stereocenters. The second-order valence-corrected chi connectivity index (χ2v) is 5.66. The van der Waals surface area contributed by atoms with Crippen LogP contribution in [-0.4, -0.2) is 49.0 Å². The first-order valence-electron chi connectivity index (χ1n) is 6.95. The van der Waals surface area contributed by atoms with E-state index >= 15 is 0 Å². The lowest BCUT2D eigenvalue weighted by molar-refractivity contribution is -0.139. The molecule has 2 heterocycles. The van der Waals surface area contributed by atoms with Crippen LogP contribution < -0.4 is 9.64 Å². The molecule has 0 saturated carbocycles. The monoisotopic (exact) mass is 320 g/mol. The van der Waals surface area contributed by atoms with Gasteiger partial charge in [-0.1, -0.05) is 0 Å². The molecule has 0 aliphatic carbocycles. The van der Waals surface area contributed by atoms with Crippen molar-refractivity contribution in [3.8, 4) is 17.0 Å². The van der Waals surface area contributed by atoms with Crippen molar-refractivity contribution in [2.75, 3.05) is 37.8 Å². The number of thiazole rings is 1. The Kier molecular flexibility index (Phi) is 4.55. The highest BCUT2D eigenvalue weighted by Gasteiger charge is 2.15. The number of aromatic nitrogens is 1. The Morgan fingerprint density at radius 2 is 2.05 bits per heavy atom. The van der Waals surface area contributed by atoms with Crippen LogP contribution in [-0.2, 0) is 9.53 Å². The summed E-state index contributed by atoms with van der Waals surface area (Å²) in [5.41, 5.74) is 1.90. The molecule has 6 nitrogen and oxygen atoms in total. The van der Waals surface area contributed by atoms with Crippen molar-refractivity contribution in [2.24, 2.45) is 0 Å². The number of anilines is 1. The zero-order valence-electron chi connectivity index (χ0n) is 11.9. The Balaban J connectivity index is 1.68. The van der Waals surface area contributed by atoms with Gasteiger partial charge in [-0.05, 0) is 24.3 Å². The van der Waals surface area contributed by atoms with Gasteiger partial charge in [0, 0.05) is 24.0 Å². The minimum absolute atomic E-state index is 0.336. The maximum absolute atomic E-state index is 10.5. The fourth-order valence-electron chi connectivity index (χ4n) is 2.16. The average molecular weight is 320 g/mol. The highest BCUT2D eigenvalue weighted by atomic mass is 32.1. The number of ether oxygens (including phenoxy) is 2. The van der Waals surface area contributed by atoms with E-state index in [4.69, 9.17) is 14.6 Å². The number of aliphatic carboxylic acids is 1. The molecule has 1 aromatic heterocycles. The summed E-state index contributed by atoms with van der Waals surface area (Å²) in [6.45, 7) is 2.89. The highest BCUT2D eigenvalue weighted by molar-refractivity contribution is 7.14. The standard InChI is InChI=1S/C15H16N2O4S/c18-14(19)9-21-12-3-1-11(2-4-12)13-10-22-15(16-13)17-5-7-20-8-6-17/h1-4,10H,5-9H2,(H,18,19).